The van der Waals surface area contributed by atoms with Crippen LogP contribution in [-0.2, 0) is 4.79 Å². The number of likely N-dealkylation sites (tertiary alicyclic amines) is 1. The van der Waals surface area contributed by atoms with Gasteiger partial charge in [0.25, 0.3) is 0 Å². The van der Waals surface area contributed by atoms with E-state index in [-0.39, 0.29) is 36.1 Å². The molecule has 0 bridgehead atoms. The van der Waals surface area contributed by atoms with Crippen molar-refractivity contribution in [1.29, 1.82) is 0 Å². The zero-order valence-corrected chi connectivity index (χ0v) is 20.7. The Labute approximate surface area is 214 Å². The van der Waals surface area contributed by atoms with E-state index in [2.05, 4.69) is 19.9 Å². The fourth-order valence-corrected chi connectivity index (χ4v) is 5.57. The van der Waals surface area contributed by atoms with Crippen molar-refractivity contribution in [3.8, 4) is 5.75 Å². The summed E-state index contributed by atoms with van der Waals surface area (Å²) in [5, 5.41) is 13.6. The molecule has 0 aliphatic carbocycles. The molecule has 2 unspecified atom stereocenters. The summed E-state index contributed by atoms with van der Waals surface area (Å²) in [6.45, 7) is 3.06. The normalized spacial score (nSPS) is 21.9. The third-order valence-electron chi connectivity index (χ3n) is 7.06. The first-order chi connectivity index (χ1) is 17.1. The van der Waals surface area contributed by atoms with E-state index in [0.717, 1.165) is 57.5 Å². The van der Waals surface area contributed by atoms with E-state index < -0.39 is 6.36 Å². The van der Waals surface area contributed by atoms with Crippen molar-refractivity contribution in [2.45, 2.75) is 44.5 Å². The van der Waals surface area contributed by atoms with Gasteiger partial charge in [0.05, 0.1) is 6.61 Å². The van der Waals surface area contributed by atoms with Crippen molar-refractivity contribution in [1.82, 2.24) is 4.90 Å². The number of rotatable bonds is 7. The van der Waals surface area contributed by atoms with Gasteiger partial charge >= 0.3 is 6.36 Å². The van der Waals surface area contributed by atoms with E-state index in [4.69, 9.17) is 11.6 Å². The Morgan fingerprint density at radius 3 is 2.36 bits per heavy atom. The van der Waals surface area contributed by atoms with Gasteiger partial charge in [0.15, 0.2) is 0 Å². The maximum atomic E-state index is 12.7. The highest BCUT2D eigenvalue weighted by Crippen LogP contribution is 2.41. The van der Waals surface area contributed by atoms with Crippen molar-refractivity contribution in [2.24, 2.45) is 5.41 Å². The quantitative estimate of drug-likeness (QED) is 0.513. The summed E-state index contributed by atoms with van der Waals surface area (Å²) in [5.41, 5.74) is 1.52. The third-order valence-corrected chi connectivity index (χ3v) is 7.32. The second-order valence-electron chi connectivity index (χ2n) is 9.74. The number of benzene rings is 2. The van der Waals surface area contributed by atoms with E-state index >= 15 is 0 Å². The number of nitrogens with one attached hydrogen (secondary N) is 1. The summed E-state index contributed by atoms with van der Waals surface area (Å²) < 4.78 is 41.4. The maximum absolute atomic E-state index is 12.7. The molecule has 2 aromatic rings. The van der Waals surface area contributed by atoms with Gasteiger partial charge in [-0.25, -0.2) is 0 Å². The number of nitrogens with zero attached hydrogens (tertiary/aromatic N) is 2. The number of hydrogen-bond donors (Lipinski definition) is 2. The van der Waals surface area contributed by atoms with Crippen LogP contribution in [0.15, 0.2) is 48.5 Å². The van der Waals surface area contributed by atoms with Gasteiger partial charge in [-0.2, -0.15) is 0 Å². The smallest absolute Gasteiger partial charge is 0.406 e. The SMILES string of the molecule is O=C(CC(CO)N1CCCC2(CCCN(c3ccc(OC(F)(F)F)cc3)C2)C1)Nc1ccc(Cl)cc1. The molecular formula is C26H31ClF3N3O3. The van der Waals surface area contributed by atoms with Crippen LogP contribution >= 0.6 is 11.6 Å². The molecule has 196 valence electrons. The predicted molar refractivity (Wildman–Crippen MR) is 133 cm³/mol. The fourth-order valence-electron chi connectivity index (χ4n) is 5.45. The van der Waals surface area contributed by atoms with Gasteiger partial charge in [-0.15, -0.1) is 13.2 Å². The Morgan fingerprint density at radius 2 is 1.72 bits per heavy atom. The molecule has 0 radical (unpaired) electrons. The molecule has 2 atom stereocenters. The highest BCUT2D eigenvalue weighted by atomic mass is 35.5. The molecule has 10 heteroatoms. The molecular weight excluding hydrogens is 495 g/mol. The summed E-state index contributed by atoms with van der Waals surface area (Å²) in [6, 6.07) is 12.6. The van der Waals surface area contributed by atoms with Gasteiger partial charge in [0.2, 0.25) is 5.91 Å². The summed E-state index contributed by atoms with van der Waals surface area (Å²) in [7, 11) is 0. The number of piperidine rings is 2. The van der Waals surface area contributed by atoms with E-state index in [1.165, 1.54) is 12.1 Å². The zero-order chi connectivity index (χ0) is 25.8. The Bertz CT molecular complexity index is 1020. The summed E-state index contributed by atoms with van der Waals surface area (Å²) in [6.07, 6.45) is -0.539. The molecule has 2 aromatic carbocycles. The Kier molecular flexibility index (Phi) is 8.32. The van der Waals surface area contributed by atoms with Gasteiger partial charge in [0, 0.05) is 53.9 Å². The lowest BCUT2D eigenvalue weighted by Gasteiger charge is -2.50. The molecule has 36 heavy (non-hydrogen) atoms. The molecule has 2 saturated heterocycles. The fraction of sp³-hybridized carbons (Fsp3) is 0.500. The van der Waals surface area contributed by atoms with E-state index in [0.29, 0.717) is 10.7 Å². The van der Waals surface area contributed by atoms with Crippen molar-refractivity contribution >= 4 is 28.9 Å². The number of carbonyl (C=O) groups excluding carboxylic acids is 1. The average molecular weight is 526 g/mol. The van der Waals surface area contributed by atoms with Crippen LogP contribution in [0.25, 0.3) is 0 Å². The lowest BCUT2D eigenvalue weighted by atomic mass is 9.73. The highest BCUT2D eigenvalue weighted by molar-refractivity contribution is 6.30. The standard InChI is InChI=1S/C26H31ClF3N3O3/c27-19-3-5-20(6-4-19)31-24(35)15-22(16-34)33-14-2-12-25(18-33)11-1-13-32(17-25)21-7-9-23(10-8-21)36-26(28,29)30/h3-10,22,34H,1-2,11-18H2,(H,31,35). The first-order valence-corrected chi connectivity index (χ1v) is 12.5. The number of amides is 1. The first-order valence-electron chi connectivity index (χ1n) is 12.2. The topological polar surface area (TPSA) is 65.0 Å². The van der Waals surface area contributed by atoms with E-state index in [1.807, 2.05) is 0 Å². The second-order valence-corrected chi connectivity index (χ2v) is 10.2. The van der Waals surface area contributed by atoms with Crippen molar-refractivity contribution in [3.05, 3.63) is 53.6 Å². The lowest BCUT2D eigenvalue weighted by Crippen LogP contribution is -2.55. The van der Waals surface area contributed by atoms with Crippen LogP contribution in [0.5, 0.6) is 5.75 Å². The molecule has 2 heterocycles. The average Bonchev–Trinajstić information content (AvgIpc) is 2.83. The molecule has 1 spiro atoms. The Balaban J connectivity index is 1.38. The molecule has 2 fully saturated rings. The van der Waals surface area contributed by atoms with Crippen LogP contribution in [0, 0.1) is 5.41 Å². The minimum absolute atomic E-state index is 0.00227. The zero-order valence-electron chi connectivity index (χ0n) is 19.9. The summed E-state index contributed by atoms with van der Waals surface area (Å²) in [5.74, 6) is -0.396. The largest absolute Gasteiger partial charge is 0.573 e. The van der Waals surface area contributed by atoms with Crippen LogP contribution in [-0.4, -0.2) is 61.1 Å². The van der Waals surface area contributed by atoms with Crippen LogP contribution in [0.2, 0.25) is 5.02 Å². The molecule has 2 N–H and O–H groups in total. The number of alkyl halides is 3. The van der Waals surface area contributed by atoms with Crippen molar-refractivity contribution < 1.29 is 27.8 Å². The van der Waals surface area contributed by atoms with Crippen LogP contribution in [0.3, 0.4) is 0 Å². The second kappa shape index (κ2) is 11.3. The molecule has 1 amide bonds. The monoisotopic (exact) mass is 525 g/mol. The van der Waals surface area contributed by atoms with E-state index in [1.54, 1.807) is 36.4 Å². The molecule has 0 saturated carbocycles. The summed E-state index contributed by atoms with van der Waals surface area (Å²) >= 11 is 5.90. The minimum atomic E-state index is -4.71. The van der Waals surface area contributed by atoms with Crippen LogP contribution in [0.1, 0.15) is 32.1 Å². The minimum Gasteiger partial charge on any atom is -0.406 e. The van der Waals surface area contributed by atoms with Gasteiger partial charge < -0.3 is 20.1 Å². The lowest BCUT2D eigenvalue weighted by molar-refractivity contribution is -0.274. The van der Waals surface area contributed by atoms with Crippen molar-refractivity contribution in [3.63, 3.8) is 0 Å². The number of carbonyl (C=O) groups is 1. The number of ether oxygens (including phenoxy) is 1. The Hall–Kier alpha value is -2.49. The number of aliphatic hydroxyl groups is 1. The van der Waals surface area contributed by atoms with Crippen LogP contribution in [0.4, 0.5) is 24.5 Å². The van der Waals surface area contributed by atoms with Gasteiger partial charge in [0.1, 0.15) is 5.75 Å². The first kappa shape index (κ1) is 26.6. The number of anilines is 2. The molecule has 6 nitrogen and oxygen atoms in total. The molecule has 2 aliphatic heterocycles. The maximum Gasteiger partial charge on any atom is 0.573 e. The molecule has 0 aromatic heterocycles. The third kappa shape index (κ3) is 7.05. The van der Waals surface area contributed by atoms with Crippen molar-refractivity contribution in [2.75, 3.05) is 43.0 Å². The van der Waals surface area contributed by atoms with Crippen LogP contribution < -0.4 is 15.0 Å². The molecule has 4 rings (SSSR count). The van der Waals surface area contributed by atoms with E-state index in [9.17, 15) is 23.1 Å². The van der Waals surface area contributed by atoms with Gasteiger partial charge in [-0.05, 0) is 80.8 Å². The Morgan fingerprint density at radius 1 is 1.06 bits per heavy atom. The number of aliphatic hydroxyl groups excluding tert-OH is 1. The summed E-state index contributed by atoms with van der Waals surface area (Å²) in [4.78, 5) is 17.1. The number of halogens is 4. The number of hydrogen-bond acceptors (Lipinski definition) is 5. The van der Waals surface area contributed by atoms with Gasteiger partial charge in [-0.1, -0.05) is 11.6 Å². The highest BCUT2D eigenvalue weighted by Gasteiger charge is 2.41. The van der Waals surface area contributed by atoms with Gasteiger partial charge in [-0.3, -0.25) is 9.69 Å². The predicted octanol–water partition coefficient (Wildman–Crippen LogP) is 5.31. The molecule has 2 aliphatic rings.